The maximum atomic E-state index is 11.8. The van der Waals surface area contributed by atoms with Gasteiger partial charge in [0.15, 0.2) is 0 Å². The summed E-state index contributed by atoms with van der Waals surface area (Å²) in [6.45, 7) is 8.82. The van der Waals surface area contributed by atoms with Gasteiger partial charge in [-0.2, -0.15) is 5.10 Å². The number of rotatable bonds is 5. The summed E-state index contributed by atoms with van der Waals surface area (Å²) in [5.74, 6) is 0.832. The lowest BCUT2D eigenvalue weighted by Gasteiger charge is -2.38. The molecule has 1 aliphatic heterocycles. The molecule has 1 saturated heterocycles. The van der Waals surface area contributed by atoms with E-state index in [-0.39, 0.29) is 5.91 Å². The van der Waals surface area contributed by atoms with Crippen LogP contribution in [0.2, 0.25) is 0 Å². The highest BCUT2D eigenvalue weighted by Crippen LogP contribution is 2.21. The lowest BCUT2D eigenvalue weighted by Crippen LogP contribution is -2.50. The molecule has 0 radical (unpaired) electrons. The molecule has 0 spiro atoms. The van der Waals surface area contributed by atoms with E-state index in [2.05, 4.69) is 22.4 Å². The van der Waals surface area contributed by atoms with E-state index in [1.165, 1.54) is 5.56 Å². The molecular formula is C15H26N4O. The van der Waals surface area contributed by atoms with Crippen LogP contribution >= 0.6 is 0 Å². The molecule has 1 aromatic rings. The summed E-state index contributed by atoms with van der Waals surface area (Å²) in [6.07, 6.45) is 4.65. The van der Waals surface area contributed by atoms with Crippen LogP contribution in [0.25, 0.3) is 0 Å². The van der Waals surface area contributed by atoms with Crippen LogP contribution in [0.15, 0.2) is 6.20 Å². The maximum Gasteiger partial charge on any atom is 0.222 e. The normalized spacial score (nSPS) is 23.1. The number of likely N-dealkylation sites (tertiary alicyclic amines) is 1. The van der Waals surface area contributed by atoms with Crippen molar-refractivity contribution < 1.29 is 4.79 Å². The molecule has 2 rings (SSSR count). The Morgan fingerprint density at radius 3 is 2.95 bits per heavy atom. The van der Waals surface area contributed by atoms with Crippen molar-refractivity contribution in [1.29, 1.82) is 0 Å². The van der Waals surface area contributed by atoms with Gasteiger partial charge in [0.1, 0.15) is 0 Å². The van der Waals surface area contributed by atoms with Crippen LogP contribution in [-0.2, 0) is 11.3 Å². The topological polar surface area (TPSA) is 61.0 Å². The number of piperidine rings is 1. The lowest BCUT2D eigenvalue weighted by atomic mass is 9.89. The molecule has 2 N–H and O–H groups in total. The summed E-state index contributed by atoms with van der Waals surface area (Å²) in [5, 5.41) is 10.7. The van der Waals surface area contributed by atoms with Gasteiger partial charge >= 0.3 is 0 Å². The number of nitrogens with one attached hydrogen (secondary N) is 2. The molecule has 2 heterocycles. The number of amides is 1. The number of hydrogen-bond acceptors (Lipinski definition) is 3. The third-order valence-electron chi connectivity index (χ3n) is 4.40. The Morgan fingerprint density at radius 1 is 1.55 bits per heavy atom. The summed E-state index contributed by atoms with van der Waals surface area (Å²) >= 11 is 0. The van der Waals surface area contributed by atoms with Crippen LogP contribution in [0.3, 0.4) is 0 Å². The van der Waals surface area contributed by atoms with Gasteiger partial charge in [-0.15, -0.1) is 0 Å². The molecule has 0 aliphatic carbocycles. The Kier molecular flexibility index (Phi) is 5.17. The second-order valence-corrected chi connectivity index (χ2v) is 5.66. The van der Waals surface area contributed by atoms with E-state index < -0.39 is 0 Å². The van der Waals surface area contributed by atoms with Crippen molar-refractivity contribution in [2.24, 2.45) is 5.92 Å². The Balaban J connectivity index is 1.89. The zero-order chi connectivity index (χ0) is 14.5. The molecule has 1 fully saturated rings. The number of aromatic nitrogens is 2. The molecule has 1 amide bonds. The van der Waals surface area contributed by atoms with Gasteiger partial charge in [-0.05, 0) is 19.3 Å². The van der Waals surface area contributed by atoms with E-state index in [1.807, 2.05) is 24.9 Å². The predicted octanol–water partition coefficient (Wildman–Crippen LogP) is 1.84. The van der Waals surface area contributed by atoms with Crippen molar-refractivity contribution in [2.75, 3.05) is 13.1 Å². The molecule has 1 aliphatic rings. The van der Waals surface area contributed by atoms with Crippen molar-refractivity contribution in [2.45, 2.75) is 52.6 Å². The quantitative estimate of drug-likeness (QED) is 0.864. The van der Waals surface area contributed by atoms with Crippen LogP contribution in [0.5, 0.6) is 0 Å². The fourth-order valence-electron chi connectivity index (χ4n) is 2.96. The molecule has 0 saturated carbocycles. The predicted molar refractivity (Wildman–Crippen MR) is 79.2 cm³/mol. The first kappa shape index (κ1) is 15.0. The number of nitrogens with zero attached hydrogens (tertiary/aromatic N) is 2. The second kappa shape index (κ2) is 6.88. The zero-order valence-electron chi connectivity index (χ0n) is 12.8. The molecule has 112 valence electrons. The van der Waals surface area contributed by atoms with Crippen LogP contribution in [0.4, 0.5) is 0 Å². The Hall–Kier alpha value is -1.36. The van der Waals surface area contributed by atoms with Gasteiger partial charge < -0.3 is 10.2 Å². The van der Waals surface area contributed by atoms with Crippen LogP contribution in [0, 0.1) is 12.8 Å². The number of carbonyl (C=O) groups is 1. The molecule has 20 heavy (non-hydrogen) atoms. The van der Waals surface area contributed by atoms with Crippen molar-refractivity contribution in [3.8, 4) is 0 Å². The first-order chi connectivity index (χ1) is 9.65. The molecule has 5 nitrogen and oxygen atoms in total. The highest BCUT2D eigenvalue weighted by molar-refractivity contribution is 5.75. The van der Waals surface area contributed by atoms with Gasteiger partial charge in [0.05, 0.1) is 6.20 Å². The summed E-state index contributed by atoms with van der Waals surface area (Å²) in [4.78, 5) is 13.8. The number of aryl methyl sites for hydroxylation is 1. The van der Waals surface area contributed by atoms with Crippen molar-refractivity contribution >= 4 is 5.91 Å². The van der Waals surface area contributed by atoms with Crippen molar-refractivity contribution in [1.82, 2.24) is 20.4 Å². The Labute approximate surface area is 121 Å². The van der Waals surface area contributed by atoms with E-state index in [1.54, 1.807) is 0 Å². The van der Waals surface area contributed by atoms with Gasteiger partial charge in [0.25, 0.3) is 0 Å². The highest BCUT2D eigenvalue weighted by Gasteiger charge is 2.29. The standard InChI is InChI=1S/C15H26N4O/c1-4-12-10-19(15(20)5-2)7-6-14(12)16-8-13-9-17-18-11(13)3/h9,12,14,16H,4-8,10H2,1-3H3,(H,17,18). The lowest BCUT2D eigenvalue weighted by molar-refractivity contribution is -0.133. The Bertz CT molecular complexity index is 443. The molecule has 0 aromatic carbocycles. The molecule has 1 aromatic heterocycles. The minimum atomic E-state index is 0.285. The number of aromatic amines is 1. The first-order valence-electron chi connectivity index (χ1n) is 7.65. The van der Waals surface area contributed by atoms with Crippen LogP contribution in [0.1, 0.15) is 44.4 Å². The molecule has 2 unspecified atom stereocenters. The molecule has 5 heteroatoms. The third-order valence-corrected chi connectivity index (χ3v) is 4.40. The number of carbonyl (C=O) groups excluding carboxylic acids is 1. The van der Waals surface area contributed by atoms with Gasteiger partial charge in [-0.3, -0.25) is 9.89 Å². The fourth-order valence-corrected chi connectivity index (χ4v) is 2.96. The van der Waals surface area contributed by atoms with E-state index in [4.69, 9.17) is 0 Å². The Morgan fingerprint density at radius 2 is 2.35 bits per heavy atom. The molecule has 2 atom stereocenters. The SMILES string of the molecule is CCC(=O)N1CCC(NCc2cn[nH]c2C)C(CC)C1. The van der Waals surface area contributed by atoms with E-state index >= 15 is 0 Å². The third kappa shape index (κ3) is 3.39. The van der Waals surface area contributed by atoms with Gasteiger partial charge in [-0.1, -0.05) is 20.3 Å². The van der Waals surface area contributed by atoms with E-state index in [0.29, 0.717) is 18.4 Å². The first-order valence-corrected chi connectivity index (χ1v) is 7.65. The summed E-state index contributed by atoms with van der Waals surface area (Å²) in [6, 6.07) is 0.496. The smallest absolute Gasteiger partial charge is 0.222 e. The van der Waals surface area contributed by atoms with Crippen molar-refractivity contribution in [3.63, 3.8) is 0 Å². The summed E-state index contributed by atoms with van der Waals surface area (Å²) in [5.41, 5.74) is 2.36. The van der Waals surface area contributed by atoms with Crippen LogP contribution < -0.4 is 5.32 Å². The monoisotopic (exact) mass is 278 g/mol. The van der Waals surface area contributed by atoms with Crippen LogP contribution in [-0.4, -0.2) is 40.1 Å². The largest absolute Gasteiger partial charge is 0.342 e. The number of H-pyrrole nitrogens is 1. The average molecular weight is 278 g/mol. The number of hydrogen-bond donors (Lipinski definition) is 2. The fraction of sp³-hybridized carbons (Fsp3) is 0.733. The maximum absolute atomic E-state index is 11.8. The minimum absolute atomic E-state index is 0.285. The molecular weight excluding hydrogens is 252 g/mol. The van der Waals surface area contributed by atoms with Gasteiger partial charge in [0.2, 0.25) is 5.91 Å². The van der Waals surface area contributed by atoms with E-state index in [9.17, 15) is 4.79 Å². The van der Waals surface area contributed by atoms with Crippen molar-refractivity contribution in [3.05, 3.63) is 17.5 Å². The van der Waals surface area contributed by atoms with Gasteiger partial charge in [-0.25, -0.2) is 0 Å². The summed E-state index contributed by atoms with van der Waals surface area (Å²) in [7, 11) is 0. The summed E-state index contributed by atoms with van der Waals surface area (Å²) < 4.78 is 0. The second-order valence-electron chi connectivity index (χ2n) is 5.66. The minimum Gasteiger partial charge on any atom is -0.342 e. The molecule has 0 bridgehead atoms. The zero-order valence-corrected chi connectivity index (χ0v) is 12.8. The average Bonchev–Trinajstić information content (AvgIpc) is 2.89. The highest BCUT2D eigenvalue weighted by atomic mass is 16.2. The van der Waals surface area contributed by atoms with Gasteiger partial charge in [0, 0.05) is 43.4 Å². The van der Waals surface area contributed by atoms with E-state index in [0.717, 1.165) is 38.2 Å².